The quantitative estimate of drug-likeness (QED) is 0.529. The first-order valence-corrected chi connectivity index (χ1v) is 9.04. The normalized spacial score (nSPS) is 11.5. The topological polar surface area (TPSA) is 50.4 Å². The van der Waals surface area contributed by atoms with Crippen molar-refractivity contribution in [3.8, 4) is 5.75 Å². The molecule has 0 radical (unpaired) electrons. The van der Waals surface area contributed by atoms with E-state index in [1.807, 2.05) is 30.3 Å². The molecule has 0 saturated heterocycles. The van der Waals surface area contributed by atoms with Crippen LogP contribution in [-0.2, 0) is 0 Å². The van der Waals surface area contributed by atoms with Crippen LogP contribution in [0.3, 0.4) is 0 Å². The third-order valence-corrected chi connectivity index (χ3v) is 4.62. The van der Waals surface area contributed by atoms with Gasteiger partial charge >= 0.3 is 0 Å². The van der Waals surface area contributed by atoms with E-state index in [0.717, 1.165) is 21.3 Å². The molecule has 0 fully saturated rings. The predicted octanol–water partition coefficient (Wildman–Crippen LogP) is 4.06. The van der Waals surface area contributed by atoms with E-state index in [1.54, 1.807) is 25.3 Å². The van der Waals surface area contributed by atoms with Gasteiger partial charge in [-0.1, -0.05) is 37.3 Å². The summed E-state index contributed by atoms with van der Waals surface area (Å²) < 4.78 is 6.07. The monoisotopic (exact) mass is 454 g/mol. The van der Waals surface area contributed by atoms with Gasteiger partial charge in [-0.25, -0.2) is 0 Å². The van der Waals surface area contributed by atoms with Gasteiger partial charge in [-0.2, -0.15) is 0 Å². The van der Waals surface area contributed by atoms with E-state index in [0.29, 0.717) is 10.7 Å². The van der Waals surface area contributed by atoms with Gasteiger partial charge in [0.1, 0.15) is 5.75 Å². The van der Waals surface area contributed by atoms with Crippen molar-refractivity contribution in [1.29, 1.82) is 0 Å². The first-order valence-electron chi connectivity index (χ1n) is 7.55. The molecule has 2 N–H and O–H groups in total. The van der Waals surface area contributed by atoms with Crippen molar-refractivity contribution in [2.45, 2.75) is 19.4 Å². The molecule has 1 amide bonds. The van der Waals surface area contributed by atoms with Crippen LogP contribution in [0.2, 0.25) is 0 Å². The Hall–Kier alpha value is -1.67. The lowest BCUT2D eigenvalue weighted by atomic mass is 10.1. The molecule has 0 heterocycles. The van der Waals surface area contributed by atoms with Crippen molar-refractivity contribution in [3.05, 3.63) is 63.2 Å². The summed E-state index contributed by atoms with van der Waals surface area (Å²) in [6.45, 7) is 2.07. The minimum absolute atomic E-state index is 0.0648. The molecule has 2 aromatic carbocycles. The van der Waals surface area contributed by atoms with Crippen LogP contribution in [-0.4, -0.2) is 18.1 Å². The highest BCUT2D eigenvalue weighted by atomic mass is 127. The van der Waals surface area contributed by atoms with Crippen molar-refractivity contribution < 1.29 is 9.53 Å². The van der Waals surface area contributed by atoms with Crippen LogP contribution in [0.5, 0.6) is 5.75 Å². The summed E-state index contributed by atoms with van der Waals surface area (Å²) in [5.41, 5.74) is 1.67. The van der Waals surface area contributed by atoms with E-state index >= 15 is 0 Å². The molecule has 0 aliphatic rings. The first-order chi connectivity index (χ1) is 11.5. The molecule has 2 aromatic rings. The third kappa shape index (κ3) is 4.91. The number of thiocarbonyl (C=S) groups is 1. The van der Waals surface area contributed by atoms with Crippen molar-refractivity contribution in [2.75, 3.05) is 7.11 Å². The molecule has 0 aliphatic carbocycles. The Kier molecular flexibility index (Phi) is 6.99. The number of carbonyl (C=O) groups is 1. The van der Waals surface area contributed by atoms with Gasteiger partial charge in [0.25, 0.3) is 5.91 Å². The number of amides is 1. The molecule has 0 aromatic heterocycles. The van der Waals surface area contributed by atoms with E-state index in [9.17, 15) is 4.79 Å². The maximum atomic E-state index is 12.3. The van der Waals surface area contributed by atoms with Crippen LogP contribution >= 0.6 is 34.8 Å². The average Bonchev–Trinajstić information content (AvgIpc) is 2.60. The Bertz CT molecular complexity index is 722. The fourth-order valence-electron chi connectivity index (χ4n) is 2.28. The summed E-state index contributed by atoms with van der Waals surface area (Å²) in [6, 6.07) is 15.3. The number of rotatable bonds is 5. The van der Waals surface area contributed by atoms with Gasteiger partial charge in [-0.3, -0.25) is 10.1 Å². The largest absolute Gasteiger partial charge is 0.496 e. The van der Waals surface area contributed by atoms with Gasteiger partial charge in [0.05, 0.1) is 16.7 Å². The molecule has 0 saturated carbocycles. The average molecular weight is 454 g/mol. The lowest BCUT2D eigenvalue weighted by molar-refractivity contribution is 0.0976. The van der Waals surface area contributed by atoms with E-state index in [-0.39, 0.29) is 11.9 Å². The third-order valence-electron chi connectivity index (χ3n) is 3.56. The molecular weight excluding hydrogens is 435 g/mol. The molecule has 1 atom stereocenters. The maximum Gasteiger partial charge on any atom is 0.257 e. The molecule has 2 rings (SSSR count). The van der Waals surface area contributed by atoms with Crippen molar-refractivity contribution in [2.24, 2.45) is 0 Å². The summed E-state index contributed by atoms with van der Waals surface area (Å²) in [7, 11) is 1.60. The predicted molar refractivity (Wildman–Crippen MR) is 108 cm³/mol. The van der Waals surface area contributed by atoms with Crippen LogP contribution in [0, 0.1) is 3.57 Å². The van der Waals surface area contributed by atoms with E-state index in [4.69, 9.17) is 17.0 Å². The second-order valence-corrected chi connectivity index (χ2v) is 6.72. The van der Waals surface area contributed by atoms with Gasteiger partial charge < -0.3 is 10.1 Å². The molecule has 24 heavy (non-hydrogen) atoms. The Labute approximate surface area is 161 Å². The summed E-state index contributed by atoms with van der Waals surface area (Å²) in [5, 5.41) is 6.25. The first kappa shape index (κ1) is 18.7. The summed E-state index contributed by atoms with van der Waals surface area (Å²) in [5.74, 6) is 0.499. The zero-order valence-corrected chi connectivity index (χ0v) is 16.5. The van der Waals surface area contributed by atoms with E-state index in [1.165, 1.54) is 0 Å². The highest BCUT2D eigenvalue weighted by Gasteiger charge is 2.14. The SMILES string of the molecule is CCC(NC(=S)NC(=O)c1ccc(OC)c(I)c1)c1ccccc1. The van der Waals surface area contributed by atoms with Crippen LogP contribution < -0.4 is 15.4 Å². The molecule has 1 unspecified atom stereocenters. The molecule has 126 valence electrons. The number of hydrogen-bond donors (Lipinski definition) is 2. The Balaban J connectivity index is 2.01. The number of hydrogen-bond acceptors (Lipinski definition) is 3. The lowest BCUT2D eigenvalue weighted by Crippen LogP contribution is -2.40. The Morgan fingerprint density at radius 3 is 2.54 bits per heavy atom. The summed E-state index contributed by atoms with van der Waals surface area (Å²) in [4.78, 5) is 12.3. The molecule has 0 aliphatic heterocycles. The minimum atomic E-state index is -0.240. The van der Waals surface area contributed by atoms with Gasteiger partial charge in [-0.15, -0.1) is 0 Å². The smallest absolute Gasteiger partial charge is 0.257 e. The second-order valence-electron chi connectivity index (χ2n) is 5.15. The van der Waals surface area contributed by atoms with Gasteiger partial charge in [-0.05, 0) is 65.0 Å². The maximum absolute atomic E-state index is 12.3. The number of benzene rings is 2. The van der Waals surface area contributed by atoms with Gasteiger partial charge in [0, 0.05) is 5.56 Å². The zero-order valence-electron chi connectivity index (χ0n) is 13.5. The van der Waals surface area contributed by atoms with Gasteiger partial charge in [0.15, 0.2) is 5.11 Å². The lowest BCUT2D eigenvalue weighted by Gasteiger charge is -2.19. The van der Waals surface area contributed by atoms with Crippen LogP contribution in [0.4, 0.5) is 0 Å². The van der Waals surface area contributed by atoms with Crippen LogP contribution in [0.1, 0.15) is 35.3 Å². The minimum Gasteiger partial charge on any atom is -0.496 e. The number of nitrogens with one attached hydrogen (secondary N) is 2. The van der Waals surface area contributed by atoms with Crippen molar-refractivity contribution in [3.63, 3.8) is 0 Å². The van der Waals surface area contributed by atoms with Gasteiger partial charge in [0.2, 0.25) is 0 Å². The molecular formula is C18H19IN2O2S. The van der Waals surface area contributed by atoms with Crippen molar-refractivity contribution in [1.82, 2.24) is 10.6 Å². The highest BCUT2D eigenvalue weighted by molar-refractivity contribution is 14.1. The standard InChI is InChI=1S/C18H19IN2O2S/c1-3-15(12-7-5-4-6-8-12)20-18(24)21-17(22)13-9-10-16(23-2)14(19)11-13/h4-11,15H,3H2,1-2H3,(H2,20,21,22,24). The number of carbonyl (C=O) groups excluding carboxylic acids is 1. The van der Waals surface area contributed by atoms with Crippen molar-refractivity contribution >= 4 is 45.8 Å². The number of ether oxygens (including phenoxy) is 1. The zero-order chi connectivity index (χ0) is 17.5. The number of halogens is 1. The Morgan fingerprint density at radius 1 is 1.25 bits per heavy atom. The fourth-order valence-corrected chi connectivity index (χ4v) is 3.25. The highest BCUT2D eigenvalue weighted by Crippen LogP contribution is 2.21. The summed E-state index contributed by atoms with van der Waals surface area (Å²) in [6.07, 6.45) is 0.862. The van der Waals surface area contributed by atoms with Crippen LogP contribution in [0.15, 0.2) is 48.5 Å². The van der Waals surface area contributed by atoms with Crippen LogP contribution in [0.25, 0.3) is 0 Å². The fraction of sp³-hybridized carbons (Fsp3) is 0.222. The summed E-state index contributed by atoms with van der Waals surface area (Å²) >= 11 is 7.42. The molecule has 0 bridgehead atoms. The van der Waals surface area contributed by atoms with E-state index in [2.05, 4.69) is 40.1 Å². The van der Waals surface area contributed by atoms with E-state index < -0.39 is 0 Å². The molecule has 4 nitrogen and oxygen atoms in total. The second kappa shape index (κ2) is 8.98. The molecule has 6 heteroatoms. The Morgan fingerprint density at radius 2 is 1.96 bits per heavy atom. The molecule has 0 spiro atoms. The number of methoxy groups -OCH3 is 1.